The number of aliphatic hydroxyl groups excluding tert-OH is 1. The van der Waals surface area contributed by atoms with Gasteiger partial charge in [-0.25, -0.2) is 4.79 Å². The monoisotopic (exact) mass is 316 g/mol. The van der Waals surface area contributed by atoms with Crippen LogP contribution in [-0.4, -0.2) is 28.4 Å². The molecule has 0 bridgehead atoms. The number of amides is 1. The summed E-state index contributed by atoms with van der Waals surface area (Å²) in [5, 5.41) is 11.8. The second-order valence-corrected chi connectivity index (χ2v) is 5.70. The van der Waals surface area contributed by atoms with Crippen molar-refractivity contribution < 1.29 is 14.6 Å². The third kappa shape index (κ3) is 5.01. The molecule has 100 valence electrons. The van der Waals surface area contributed by atoms with E-state index in [-0.39, 0.29) is 6.61 Å². The SMILES string of the molecule is CC(C)(C)OC(=O)N[C@H](CO)c1ccc(Br)cn1. The summed E-state index contributed by atoms with van der Waals surface area (Å²) in [4.78, 5) is 15.7. The number of nitrogens with zero attached hydrogens (tertiary/aromatic N) is 1. The molecule has 0 saturated heterocycles. The second kappa shape index (κ2) is 6.15. The van der Waals surface area contributed by atoms with Crippen molar-refractivity contribution in [2.75, 3.05) is 6.61 Å². The van der Waals surface area contributed by atoms with Gasteiger partial charge in [0, 0.05) is 10.7 Å². The molecule has 0 unspecified atom stereocenters. The number of ether oxygens (including phenoxy) is 1. The van der Waals surface area contributed by atoms with Gasteiger partial charge in [0.25, 0.3) is 0 Å². The van der Waals surface area contributed by atoms with Crippen LogP contribution in [0.5, 0.6) is 0 Å². The topological polar surface area (TPSA) is 71.5 Å². The molecule has 18 heavy (non-hydrogen) atoms. The van der Waals surface area contributed by atoms with Crippen LogP contribution in [0.4, 0.5) is 4.79 Å². The molecular formula is C12H17BrN2O3. The van der Waals surface area contributed by atoms with Crippen molar-refractivity contribution >= 4 is 22.0 Å². The van der Waals surface area contributed by atoms with Gasteiger partial charge in [0.2, 0.25) is 0 Å². The number of aromatic nitrogens is 1. The molecular weight excluding hydrogens is 300 g/mol. The summed E-state index contributed by atoms with van der Waals surface area (Å²) in [5.41, 5.74) is 0.00333. The smallest absolute Gasteiger partial charge is 0.408 e. The molecule has 0 aromatic carbocycles. The van der Waals surface area contributed by atoms with Gasteiger partial charge in [-0.15, -0.1) is 0 Å². The third-order valence-corrected chi connectivity index (χ3v) is 2.45. The minimum atomic E-state index is -0.578. The summed E-state index contributed by atoms with van der Waals surface area (Å²) in [6, 6.07) is 2.94. The Balaban J connectivity index is 2.68. The number of carbonyl (C=O) groups is 1. The highest BCUT2D eigenvalue weighted by atomic mass is 79.9. The van der Waals surface area contributed by atoms with Crippen molar-refractivity contribution in [1.82, 2.24) is 10.3 Å². The average Bonchev–Trinajstić information content (AvgIpc) is 2.25. The largest absolute Gasteiger partial charge is 0.444 e. The molecule has 5 nitrogen and oxygen atoms in total. The molecule has 0 aliphatic heterocycles. The van der Waals surface area contributed by atoms with E-state index in [0.717, 1.165) is 4.47 Å². The van der Waals surface area contributed by atoms with Crippen molar-refractivity contribution in [3.63, 3.8) is 0 Å². The quantitative estimate of drug-likeness (QED) is 0.898. The zero-order chi connectivity index (χ0) is 13.8. The maximum absolute atomic E-state index is 11.6. The van der Waals surface area contributed by atoms with Gasteiger partial charge < -0.3 is 15.2 Å². The minimum absolute atomic E-state index is 0.242. The number of hydrogen-bond acceptors (Lipinski definition) is 4. The zero-order valence-electron chi connectivity index (χ0n) is 10.6. The Morgan fingerprint density at radius 3 is 2.67 bits per heavy atom. The van der Waals surface area contributed by atoms with Crippen LogP contribution in [0.1, 0.15) is 32.5 Å². The van der Waals surface area contributed by atoms with E-state index in [0.29, 0.717) is 5.69 Å². The minimum Gasteiger partial charge on any atom is -0.444 e. The number of halogens is 1. The molecule has 0 saturated carbocycles. The van der Waals surface area contributed by atoms with Crippen LogP contribution in [0, 0.1) is 0 Å². The van der Waals surface area contributed by atoms with Crippen molar-refractivity contribution in [3.8, 4) is 0 Å². The number of rotatable bonds is 3. The Bertz CT molecular complexity index is 401. The molecule has 0 radical (unpaired) electrons. The summed E-state index contributed by atoms with van der Waals surface area (Å²) in [6.07, 6.45) is 1.03. The fourth-order valence-corrected chi connectivity index (χ4v) is 1.49. The van der Waals surface area contributed by atoms with Crippen molar-refractivity contribution in [1.29, 1.82) is 0 Å². The Morgan fingerprint density at radius 1 is 1.56 bits per heavy atom. The molecule has 0 aliphatic rings. The van der Waals surface area contributed by atoms with E-state index >= 15 is 0 Å². The number of carbonyl (C=O) groups excluding carboxylic acids is 1. The molecule has 0 fully saturated rings. The van der Waals surface area contributed by atoms with Gasteiger partial charge in [-0.2, -0.15) is 0 Å². The first-order chi connectivity index (χ1) is 8.31. The lowest BCUT2D eigenvalue weighted by molar-refractivity contribution is 0.0480. The summed E-state index contributed by atoms with van der Waals surface area (Å²) in [5.74, 6) is 0. The zero-order valence-corrected chi connectivity index (χ0v) is 12.2. The lowest BCUT2D eigenvalue weighted by Crippen LogP contribution is -2.36. The van der Waals surface area contributed by atoms with Crippen LogP contribution in [-0.2, 0) is 4.74 Å². The molecule has 2 N–H and O–H groups in total. The van der Waals surface area contributed by atoms with E-state index in [1.165, 1.54) is 0 Å². The molecule has 1 heterocycles. The molecule has 1 aromatic rings. The molecule has 0 aliphatic carbocycles. The highest BCUT2D eigenvalue weighted by Crippen LogP contribution is 2.14. The average molecular weight is 317 g/mol. The molecule has 1 aromatic heterocycles. The second-order valence-electron chi connectivity index (χ2n) is 4.78. The lowest BCUT2D eigenvalue weighted by atomic mass is 10.2. The Hall–Kier alpha value is -1.14. The van der Waals surface area contributed by atoms with Crippen LogP contribution < -0.4 is 5.32 Å². The Morgan fingerprint density at radius 2 is 2.22 bits per heavy atom. The van der Waals surface area contributed by atoms with Gasteiger partial charge in [0.15, 0.2) is 0 Å². The Labute approximate surface area is 115 Å². The van der Waals surface area contributed by atoms with Gasteiger partial charge in [-0.05, 0) is 48.8 Å². The molecule has 1 rings (SSSR count). The van der Waals surface area contributed by atoms with Crippen molar-refractivity contribution in [3.05, 3.63) is 28.5 Å². The fourth-order valence-electron chi connectivity index (χ4n) is 1.26. The summed E-state index contributed by atoms with van der Waals surface area (Å²) >= 11 is 3.27. The first kappa shape index (κ1) is 14.9. The normalized spacial score (nSPS) is 12.9. The van der Waals surface area contributed by atoms with E-state index < -0.39 is 17.7 Å². The van der Waals surface area contributed by atoms with Crippen LogP contribution >= 0.6 is 15.9 Å². The summed E-state index contributed by atoms with van der Waals surface area (Å²) < 4.78 is 5.95. The number of pyridine rings is 1. The van der Waals surface area contributed by atoms with E-state index in [4.69, 9.17) is 4.74 Å². The predicted octanol–water partition coefficient (Wildman–Crippen LogP) is 2.40. The van der Waals surface area contributed by atoms with Gasteiger partial charge in [0.1, 0.15) is 5.60 Å². The van der Waals surface area contributed by atoms with Crippen molar-refractivity contribution in [2.45, 2.75) is 32.4 Å². The highest BCUT2D eigenvalue weighted by molar-refractivity contribution is 9.10. The lowest BCUT2D eigenvalue weighted by Gasteiger charge is -2.22. The number of aliphatic hydroxyl groups is 1. The number of alkyl carbamates (subject to hydrolysis) is 1. The maximum Gasteiger partial charge on any atom is 0.408 e. The maximum atomic E-state index is 11.6. The van der Waals surface area contributed by atoms with E-state index in [2.05, 4.69) is 26.2 Å². The van der Waals surface area contributed by atoms with E-state index in [1.807, 2.05) is 0 Å². The highest BCUT2D eigenvalue weighted by Gasteiger charge is 2.20. The van der Waals surface area contributed by atoms with Gasteiger partial charge in [-0.3, -0.25) is 4.98 Å². The van der Waals surface area contributed by atoms with Gasteiger partial charge in [0.05, 0.1) is 18.3 Å². The van der Waals surface area contributed by atoms with Crippen LogP contribution in [0.25, 0.3) is 0 Å². The fraction of sp³-hybridized carbons (Fsp3) is 0.500. The third-order valence-electron chi connectivity index (χ3n) is 1.98. The summed E-state index contributed by atoms with van der Waals surface area (Å²) in [7, 11) is 0. The first-order valence-electron chi connectivity index (χ1n) is 5.53. The van der Waals surface area contributed by atoms with Crippen LogP contribution in [0.2, 0.25) is 0 Å². The first-order valence-corrected chi connectivity index (χ1v) is 6.33. The summed E-state index contributed by atoms with van der Waals surface area (Å²) in [6.45, 7) is 5.09. The van der Waals surface area contributed by atoms with E-state index in [9.17, 15) is 9.90 Å². The number of nitrogens with one attached hydrogen (secondary N) is 1. The van der Waals surface area contributed by atoms with E-state index in [1.54, 1.807) is 39.1 Å². The molecule has 0 spiro atoms. The van der Waals surface area contributed by atoms with Gasteiger partial charge >= 0.3 is 6.09 Å². The van der Waals surface area contributed by atoms with Crippen LogP contribution in [0.15, 0.2) is 22.8 Å². The van der Waals surface area contributed by atoms with Crippen molar-refractivity contribution in [2.24, 2.45) is 0 Å². The van der Waals surface area contributed by atoms with Crippen LogP contribution in [0.3, 0.4) is 0 Å². The standard InChI is InChI=1S/C12H17BrN2O3/c1-12(2,3)18-11(17)15-10(7-16)9-5-4-8(13)6-14-9/h4-6,10,16H,7H2,1-3H3,(H,15,17)/t10-/m1/s1. The number of hydrogen-bond donors (Lipinski definition) is 2. The molecule has 6 heteroatoms. The Kier molecular flexibility index (Phi) is 5.10. The molecule has 1 amide bonds. The van der Waals surface area contributed by atoms with Gasteiger partial charge in [-0.1, -0.05) is 0 Å². The predicted molar refractivity (Wildman–Crippen MR) is 71.1 cm³/mol. The molecule has 1 atom stereocenters.